The number of aromatic nitrogens is 2. The zero-order chi connectivity index (χ0) is 21.0. The highest BCUT2D eigenvalue weighted by atomic mass is 32.2. The summed E-state index contributed by atoms with van der Waals surface area (Å²) in [5, 5.41) is 28.2. The van der Waals surface area contributed by atoms with Crippen molar-refractivity contribution in [2.45, 2.75) is 18.6 Å². The van der Waals surface area contributed by atoms with E-state index in [0.29, 0.717) is 23.6 Å². The zero-order valence-electron chi connectivity index (χ0n) is 15.3. The number of carbonyl (C=O) groups is 1. The molecule has 0 atom stereocenters. The van der Waals surface area contributed by atoms with Gasteiger partial charge in [-0.15, -0.1) is 10.2 Å². The third-order valence-corrected chi connectivity index (χ3v) is 4.57. The number of thioether (sulfide) groups is 1. The van der Waals surface area contributed by atoms with Crippen LogP contribution < -0.4 is 4.74 Å². The van der Waals surface area contributed by atoms with Crippen LogP contribution in [0.1, 0.15) is 18.6 Å². The van der Waals surface area contributed by atoms with Crippen LogP contribution in [0.5, 0.6) is 5.75 Å². The summed E-state index contributed by atoms with van der Waals surface area (Å²) in [6.45, 7) is 1.84. The molecule has 0 saturated carbocycles. The van der Waals surface area contributed by atoms with Gasteiger partial charge in [0.25, 0.3) is 10.9 Å². The monoisotopic (exact) mass is 417 g/mol. The molecule has 0 fully saturated rings. The molecule has 0 bridgehead atoms. The maximum atomic E-state index is 11.6. The number of rotatable bonds is 8. The Kier molecular flexibility index (Phi) is 5.98. The first-order valence-corrected chi connectivity index (χ1v) is 9.10. The fourth-order valence-corrected chi connectivity index (χ4v) is 3.03. The van der Waals surface area contributed by atoms with E-state index in [9.17, 15) is 20.0 Å². The minimum absolute atomic E-state index is 0.0942. The van der Waals surface area contributed by atoms with E-state index in [1.54, 1.807) is 12.1 Å². The van der Waals surface area contributed by atoms with E-state index in [1.807, 2.05) is 6.92 Å². The summed E-state index contributed by atoms with van der Waals surface area (Å²) in [5.41, 5.74) is 0.245. The molecule has 1 aromatic carbocycles. The Morgan fingerprint density at radius 3 is 2.72 bits per heavy atom. The van der Waals surface area contributed by atoms with Crippen LogP contribution in [0.25, 0.3) is 17.4 Å². The fraction of sp³-hybridized carbons (Fsp3) is 0.167. The maximum Gasteiger partial charge on any atom is 0.342 e. The molecule has 0 amide bonds. The number of methoxy groups -OCH3 is 1. The van der Waals surface area contributed by atoms with E-state index in [4.69, 9.17) is 13.6 Å². The molecule has 150 valence electrons. The lowest BCUT2D eigenvalue weighted by Gasteiger charge is -2.05. The minimum atomic E-state index is -1.20. The van der Waals surface area contributed by atoms with Crippen molar-refractivity contribution in [1.29, 1.82) is 0 Å². The normalized spacial score (nSPS) is 11.4. The Hall–Kier alpha value is -3.60. The molecule has 0 saturated heterocycles. The van der Waals surface area contributed by atoms with Crippen LogP contribution >= 0.6 is 11.8 Å². The van der Waals surface area contributed by atoms with Gasteiger partial charge >= 0.3 is 5.97 Å². The van der Waals surface area contributed by atoms with E-state index in [-0.39, 0.29) is 27.3 Å². The van der Waals surface area contributed by atoms with Gasteiger partial charge in [-0.25, -0.2) is 4.79 Å². The van der Waals surface area contributed by atoms with Crippen LogP contribution in [-0.4, -0.2) is 33.3 Å². The molecule has 3 aromatic rings. The number of benzene rings is 1. The second-order valence-corrected chi connectivity index (χ2v) is 6.57. The number of aryl methyl sites for hydroxylation is 1. The largest absolute Gasteiger partial charge is 0.496 e. The Bertz CT molecular complexity index is 1090. The van der Waals surface area contributed by atoms with Crippen molar-refractivity contribution < 1.29 is 28.4 Å². The predicted molar refractivity (Wildman–Crippen MR) is 102 cm³/mol. The Balaban J connectivity index is 1.92. The topological polar surface area (TPSA) is 142 Å². The lowest BCUT2D eigenvalue weighted by Crippen LogP contribution is -1.96. The summed E-state index contributed by atoms with van der Waals surface area (Å²) >= 11 is 0.794. The molecule has 0 radical (unpaired) electrons. The second kappa shape index (κ2) is 8.61. The number of ether oxygens (including phenoxy) is 1. The number of nitrogens with zero attached hydrogens (tertiary/aromatic N) is 3. The van der Waals surface area contributed by atoms with Crippen LogP contribution in [0.15, 0.2) is 49.3 Å². The molecule has 0 unspecified atom stereocenters. The molecule has 2 heterocycles. The summed E-state index contributed by atoms with van der Waals surface area (Å²) in [4.78, 5) is 22.0. The Morgan fingerprint density at radius 1 is 1.31 bits per heavy atom. The van der Waals surface area contributed by atoms with Gasteiger partial charge in [0.2, 0.25) is 5.89 Å². The van der Waals surface area contributed by atoms with Gasteiger partial charge < -0.3 is 18.7 Å². The molecule has 0 aliphatic rings. The summed E-state index contributed by atoms with van der Waals surface area (Å²) in [7, 11) is 1.43. The van der Waals surface area contributed by atoms with Gasteiger partial charge in [-0.2, -0.15) is 0 Å². The van der Waals surface area contributed by atoms with Crippen LogP contribution in [0.2, 0.25) is 0 Å². The van der Waals surface area contributed by atoms with Crippen molar-refractivity contribution in [2.24, 2.45) is 0 Å². The number of carboxylic acids is 1. The predicted octanol–water partition coefficient (Wildman–Crippen LogP) is 4.03. The fourth-order valence-electron chi connectivity index (χ4n) is 2.36. The maximum absolute atomic E-state index is 11.6. The number of hydrogen-bond acceptors (Lipinski definition) is 9. The van der Waals surface area contributed by atoms with Crippen molar-refractivity contribution in [3.63, 3.8) is 0 Å². The highest BCUT2D eigenvalue weighted by Crippen LogP contribution is 2.35. The van der Waals surface area contributed by atoms with E-state index in [1.165, 1.54) is 31.4 Å². The van der Waals surface area contributed by atoms with Crippen LogP contribution in [0.4, 0.5) is 5.69 Å². The molecule has 0 aliphatic heterocycles. The van der Waals surface area contributed by atoms with Crippen molar-refractivity contribution in [1.82, 2.24) is 10.2 Å². The van der Waals surface area contributed by atoms with Gasteiger partial charge in [-0.05, 0) is 30.0 Å². The summed E-state index contributed by atoms with van der Waals surface area (Å²) < 4.78 is 16.2. The van der Waals surface area contributed by atoms with E-state index < -0.39 is 10.9 Å². The number of nitro benzene ring substituents is 1. The highest BCUT2D eigenvalue weighted by molar-refractivity contribution is 8.03. The van der Waals surface area contributed by atoms with Gasteiger partial charge in [0.1, 0.15) is 22.2 Å². The number of non-ortho nitro benzene ring substituents is 1. The average molecular weight is 417 g/mol. The smallest absolute Gasteiger partial charge is 0.342 e. The van der Waals surface area contributed by atoms with Crippen LogP contribution in [0, 0.1) is 10.1 Å². The third kappa shape index (κ3) is 4.63. The van der Waals surface area contributed by atoms with Gasteiger partial charge in [-0.1, -0.05) is 6.92 Å². The molecule has 3 rings (SSSR count). The molecule has 2 aromatic heterocycles. The van der Waals surface area contributed by atoms with Crippen molar-refractivity contribution >= 4 is 29.5 Å². The van der Waals surface area contributed by atoms with E-state index in [0.717, 1.165) is 11.8 Å². The van der Waals surface area contributed by atoms with Crippen molar-refractivity contribution in [3.05, 3.63) is 57.0 Å². The molecule has 29 heavy (non-hydrogen) atoms. The minimum Gasteiger partial charge on any atom is -0.496 e. The number of aliphatic carboxylic acids is 1. The summed E-state index contributed by atoms with van der Waals surface area (Å²) in [6.07, 6.45) is 1.84. The van der Waals surface area contributed by atoms with Crippen molar-refractivity contribution in [2.75, 3.05) is 7.11 Å². The van der Waals surface area contributed by atoms with E-state index >= 15 is 0 Å². The van der Waals surface area contributed by atoms with Crippen LogP contribution in [-0.2, 0) is 11.2 Å². The van der Waals surface area contributed by atoms with Crippen molar-refractivity contribution in [3.8, 4) is 17.1 Å². The molecular formula is C18H15N3O7S. The Morgan fingerprint density at radius 2 is 2.10 bits per heavy atom. The van der Waals surface area contributed by atoms with Gasteiger partial charge in [0.05, 0.1) is 17.6 Å². The second-order valence-electron chi connectivity index (χ2n) is 5.57. The molecular weight excluding hydrogens is 402 g/mol. The molecule has 10 nitrogen and oxygen atoms in total. The molecule has 1 N–H and O–H groups in total. The number of furan rings is 1. The first kappa shape index (κ1) is 20.1. The first-order valence-electron chi connectivity index (χ1n) is 8.29. The molecule has 0 spiro atoms. The van der Waals surface area contributed by atoms with Gasteiger partial charge in [-0.3, -0.25) is 10.1 Å². The average Bonchev–Trinajstić information content (AvgIpc) is 3.36. The lowest BCUT2D eigenvalue weighted by atomic mass is 10.1. The lowest BCUT2D eigenvalue weighted by molar-refractivity contribution is -0.384. The van der Waals surface area contributed by atoms with Gasteiger partial charge in [0.15, 0.2) is 0 Å². The van der Waals surface area contributed by atoms with Gasteiger partial charge in [0, 0.05) is 24.6 Å². The van der Waals surface area contributed by atoms with E-state index in [2.05, 4.69) is 10.2 Å². The number of hydrogen-bond donors (Lipinski definition) is 1. The SMILES string of the molecule is CCc1nnc(S/C(=C\c2ccc(-c3cc([N+](=O)[O-])ccc3OC)o2)C(=O)O)o1. The summed E-state index contributed by atoms with van der Waals surface area (Å²) in [5.74, 6) is 0.102. The molecule has 0 aliphatic carbocycles. The standard InChI is InChI=1S/C18H15N3O7S/c1-3-16-19-20-18(28-16)29-15(17(22)23)9-11-5-7-14(27-11)12-8-10(21(24)25)4-6-13(12)26-2/h4-9H,3H2,1-2H3,(H,22,23)/b15-9-. The summed E-state index contributed by atoms with van der Waals surface area (Å²) in [6, 6.07) is 7.22. The quantitative estimate of drug-likeness (QED) is 0.247. The van der Waals surface area contributed by atoms with Crippen LogP contribution in [0.3, 0.4) is 0 Å². The third-order valence-electron chi connectivity index (χ3n) is 3.72. The number of nitro groups is 1. The number of carboxylic acid groups (broad SMARTS) is 1. The first-order chi connectivity index (χ1) is 13.9. The highest BCUT2D eigenvalue weighted by Gasteiger charge is 2.18. The molecule has 11 heteroatoms. The Labute approximate surface area is 168 Å². The zero-order valence-corrected chi connectivity index (χ0v) is 16.1.